The van der Waals surface area contributed by atoms with Crippen LogP contribution in [0.3, 0.4) is 0 Å². The predicted molar refractivity (Wildman–Crippen MR) is 53.6 cm³/mol. The Hall–Kier alpha value is 0.870. The van der Waals surface area contributed by atoms with Crippen molar-refractivity contribution in [1.29, 1.82) is 0 Å². The van der Waals surface area contributed by atoms with Crippen LogP contribution in [0.15, 0.2) is 0 Å². The molecule has 11 heavy (non-hydrogen) atoms. The molecule has 0 fully saturated rings. The van der Waals surface area contributed by atoms with Crippen molar-refractivity contribution in [3.63, 3.8) is 0 Å². The van der Waals surface area contributed by atoms with Gasteiger partial charge in [-0.2, -0.15) is 2.95 Å². The molecule has 0 amide bonds. The quantitative estimate of drug-likeness (QED) is 0.634. The fourth-order valence-electron chi connectivity index (χ4n) is 0.449. The van der Waals surface area contributed by atoms with Crippen molar-refractivity contribution in [1.82, 2.24) is 2.95 Å². The van der Waals surface area contributed by atoms with Crippen LogP contribution in [0.4, 0.5) is 0 Å². The first-order valence-corrected chi connectivity index (χ1v) is 5.88. The van der Waals surface area contributed by atoms with E-state index in [0.717, 1.165) is 0 Å². The first-order valence-electron chi connectivity index (χ1n) is 3.10. The van der Waals surface area contributed by atoms with Crippen molar-refractivity contribution < 1.29 is 8.42 Å². The zero-order chi connectivity index (χ0) is 9.07. The third-order valence-electron chi connectivity index (χ3n) is 1.36. The first kappa shape index (κ1) is 11.9. The van der Waals surface area contributed by atoms with E-state index < -0.39 is 10.7 Å². The molecule has 0 atom stereocenters. The van der Waals surface area contributed by atoms with Crippen LogP contribution in [-0.2, 0) is 10.7 Å². The number of hydrogen-bond donors (Lipinski definition) is 1. The van der Waals surface area contributed by atoms with Gasteiger partial charge in [0, 0.05) is 43.6 Å². The lowest BCUT2D eigenvalue weighted by Gasteiger charge is -2.27. The normalized spacial score (nSPS) is 12.9. The third kappa shape index (κ3) is 5.16. The molecule has 0 spiro atoms. The second-order valence-corrected chi connectivity index (χ2v) is 6.33. The van der Waals surface area contributed by atoms with Crippen LogP contribution in [0.1, 0.15) is 20.3 Å². The zero-order valence-electron chi connectivity index (χ0n) is 6.38. The fraction of sp³-hybridized carbons (Fsp3) is 1.00. The number of rotatable bonds is 4. The maximum atomic E-state index is 10.3. The van der Waals surface area contributed by atoms with E-state index in [1.54, 1.807) is 2.95 Å². The van der Waals surface area contributed by atoms with Crippen LogP contribution in [0, 0.1) is 0 Å². The van der Waals surface area contributed by atoms with E-state index in [-0.39, 0.29) is 11.3 Å². The van der Waals surface area contributed by atoms with Crippen molar-refractivity contribution in [2.75, 3.05) is 5.75 Å². The van der Waals surface area contributed by atoms with E-state index in [0.29, 0.717) is 6.42 Å². The van der Waals surface area contributed by atoms with Crippen molar-refractivity contribution >= 4 is 43.0 Å². The predicted octanol–water partition coefficient (Wildman–Crippen LogP) is 1.69. The van der Waals surface area contributed by atoms with Crippen LogP contribution in [0.5, 0.6) is 0 Å². The number of halogens is 2. The average Bonchev–Trinajstić information content (AvgIpc) is 1.84. The van der Waals surface area contributed by atoms with E-state index in [9.17, 15) is 8.42 Å². The second-order valence-electron chi connectivity index (χ2n) is 2.85. The lowest BCUT2D eigenvalue weighted by Crippen LogP contribution is -2.31. The van der Waals surface area contributed by atoms with Gasteiger partial charge in [-0.1, -0.05) is 0 Å². The molecule has 3 nitrogen and oxygen atoms in total. The van der Waals surface area contributed by atoms with E-state index in [4.69, 9.17) is 0 Å². The Bertz CT molecular complexity index is 183. The lowest BCUT2D eigenvalue weighted by atomic mass is 10.0. The minimum atomic E-state index is -2.26. The largest absolute Gasteiger partial charge is 0.232 e. The van der Waals surface area contributed by atoms with Gasteiger partial charge in [-0.05, 0) is 20.3 Å². The van der Waals surface area contributed by atoms with E-state index in [1.165, 1.54) is 0 Å². The minimum Gasteiger partial charge on any atom is -0.232 e. The molecule has 0 aromatic rings. The van der Waals surface area contributed by atoms with Crippen molar-refractivity contribution in [3.8, 4) is 0 Å². The van der Waals surface area contributed by atoms with Gasteiger partial charge >= 0.3 is 0 Å². The summed E-state index contributed by atoms with van der Waals surface area (Å²) in [4.78, 5) is 0. The van der Waals surface area contributed by atoms with Crippen LogP contribution in [0.25, 0.3) is 0 Å². The highest BCUT2D eigenvalue weighted by Crippen LogP contribution is 2.25. The fourth-order valence-corrected chi connectivity index (χ4v) is 1.53. The molecule has 0 aliphatic heterocycles. The number of thiol groups is 1. The highest BCUT2D eigenvalue weighted by atomic mass is 79.9. The monoisotopic (exact) mass is 307 g/mol. The summed E-state index contributed by atoms with van der Waals surface area (Å²) < 4.78 is 22.2. The Kier molecular flexibility index (Phi) is 5.17. The van der Waals surface area contributed by atoms with Crippen LogP contribution in [0.2, 0.25) is 0 Å². The molecule has 0 aliphatic carbocycles. The molecule has 0 radical (unpaired) electrons. The highest BCUT2D eigenvalue weighted by Gasteiger charge is 2.22. The highest BCUT2D eigenvalue weighted by molar-refractivity contribution is 9.21. The Morgan fingerprint density at radius 1 is 1.36 bits per heavy atom. The average molecular weight is 309 g/mol. The number of hydrogen-bond acceptors (Lipinski definition) is 3. The SMILES string of the molecule is CC(C)(CC[SH](=O)=O)N(Br)Br. The van der Waals surface area contributed by atoms with Gasteiger partial charge in [0.15, 0.2) is 0 Å². The molecule has 0 rings (SSSR count). The summed E-state index contributed by atoms with van der Waals surface area (Å²) in [5, 5.41) is 0. The summed E-state index contributed by atoms with van der Waals surface area (Å²) in [5.41, 5.74) is -0.185. The summed E-state index contributed by atoms with van der Waals surface area (Å²) in [6, 6.07) is 0. The van der Waals surface area contributed by atoms with Crippen LogP contribution < -0.4 is 0 Å². The first-order chi connectivity index (χ1) is 4.86. The van der Waals surface area contributed by atoms with Crippen molar-refractivity contribution in [3.05, 3.63) is 0 Å². The molecule has 0 aromatic carbocycles. The van der Waals surface area contributed by atoms with E-state index in [2.05, 4.69) is 32.3 Å². The molecule has 0 heterocycles. The van der Waals surface area contributed by atoms with E-state index in [1.807, 2.05) is 13.8 Å². The molecule has 0 bridgehead atoms. The van der Waals surface area contributed by atoms with Gasteiger partial charge < -0.3 is 0 Å². The third-order valence-corrected chi connectivity index (χ3v) is 3.87. The standard InChI is InChI=1S/C5H11Br2NO2S/c1-5(2,8(6)7)3-4-11(9)10/h11H,3-4H2,1-2H3. The lowest BCUT2D eigenvalue weighted by molar-refractivity contribution is 0.377. The van der Waals surface area contributed by atoms with Gasteiger partial charge in [-0.25, -0.2) is 8.42 Å². The molecule has 0 aliphatic rings. The maximum Gasteiger partial charge on any atom is 0.140 e. The maximum absolute atomic E-state index is 10.3. The summed E-state index contributed by atoms with van der Waals surface area (Å²) in [6.45, 7) is 3.88. The Morgan fingerprint density at radius 2 is 1.82 bits per heavy atom. The zero-order valence-corrected chi connectivity index (χ0v) is 10.4. The van der Waals surface area contributed by atoms with Gasteiger partial charge in [-0.15, -0.1) is 0 Å². The summed E-state index contributed by atoms with van der Waals surface area (Å²) in [5.74, 6) is 0.218. The molecule has 0 N–H and O–H groups in total. The minimum absolute atomic E-state index is 0.185. The second kappa shape index (κ2) is 4.79. The van der Waals surface area contributed by atoms with Crippen LogP contribution >= 0.6 is 32.3 Å². The molecule has 0 saturated heterocycles. The van der Waals surface area contributed by atoms with Crippen LogP contribution in [-0.4, -0.2) is 22.7 Å². The molecule has 6 heteroatoms. The molecule has 68 valence electrons. The van der Waals surface area contributed by atoms with Gasteiger partial charge in [0.1, 0.15) is 10.7 Å². The molecule has 0 unspecified atom stereocenters. The molecular weight excluding hydrogens is 298 g/mol. The van der Waals surface area contributed by atoms with Gasteiger partial charge in [0.2, 0.25) is 0 Å². The van der Waals surface area contributed by atoms with Crippen molar-refractivity contribution in [2.45, 2.75) is 25.8 Å². The number of nitrogens with zero attached hydrogens (tertiary/aromatic N) is 1. The van der Waals surface area contributed by atoms with Gasteiger partial charge in [-0.3, -0.25) is 0 Å². The summed E-state index contributed by atoms with van der Waals surface area (Å²) in [7, 11) is -2.26. The van der Waals surface area contributed by atoms with E-state index >= 15 is 0 Å². The van der Waals surface area contributed by atoms with Gasteiger partial charge in [0.05, 0.1) is 0 Å². The molecule has 0 saturated carbocycles. The summed E-state index contributed by atoms with van der Waals surface area (Å²) >= 11 is 6.40. The smallest absolute Gasteiger partial charge is 0.140 e. The molecule has 0 aromatic heterocycles. The summed E-state index contributed by atoms with van der Waals surface area (Å²) in [6.07, 6.45) is 0.599. The Balaban J connectivity index is 3.92. The Labute approximate surface area is 85.8 Å². The Morgan fingerprint density at radius 3 is 2.09 bits per heavy atom. The van der Waals surface area contributed by atoms with Gasteiger partial charge in [0.25, 0.3) is 0 Å². The van der Waals surface area contributed by atoms with Crippen molar-refractivity contribution in [2.24, 2.45) is 0 Å². The topological polar surface area (TPSA) is 37.4 Å². The molecular formula is C5H11Br2NO2S.